The second-order valence-electron chi connectivity index (χ2n) is 5.21. The largest absolute Gasteiger partial charge is 0.330 e. The number of halogens is 1. The van der Waals surface area contributed by atoms with Gasteiger partial charge in [0.25, 0.3) is 5.56 Å². The molecular formula is C16H18ClN3O3S. The lowest BCUT2D eigenvalue weighted by atomic mass is 10.3. The Morgan fingerprint density at radius 3 is 2.62 bits per heavy atom. The molecule has 0 bridgehead atoms. The molecule has 8 heteroatoms. The van der Waals surface area contributed by atoms with Crippen molar-refractivity contribution in [3.8, 4) is 0 Å². The molecule has 24 heavy (non-hydrogen) atoms. The summed E-state index contributed by atoms with van der Waals surface area (Å²) in [6, 6.07) is 8.48. The van der Waals surface area contributed by atoms with E-state index >= 15 is 0 Å². The van der Waals surface area contributed by atoms with Crippen molar-refractivity contribution in [2.75, 3.05) is 11.1 Å². The minimum atomic E-state index is -0.352. The average Bonchev–Trinajstić information content (AvgIpc) is 2.56. The smallest absolute Gasteiger partial charge is 0.325 e. The number of thioether (sulfide) groups is 1. The first-order valence-corrected chi connectivity index (χ1v) is 8.81. The molecule has 0 saturated carbocycles. The van der Waals surface area contributed by atoms with Crippen LogP contribution < -0.4 is 16.6 Å². The molecule has 1 heterocycles. The number of para-hydroxylation sites is 1. The van der Waals surface area contributed by atoms with Crippen LogP contribution in [-0.4, -0.2) is 20.8 Å². The molecule has 0 aliphatic rings. The quantitative estimate of drug-likeness (QED) is 0.792. The van der Waals surface area contributed by atoms with Gasteiger partial charge in [0.05, 0.1) is 10.7 Å². The van der Waals surface area contributed by atoms with Gasteiger partial charge in [-0.05, 0) is 12.1 Å². The molecule has 2 rings (SSSR count). The van der Waals surface area contributed by atoms with E-state index in [1.165, 1.54) is 29.4 Å². The van der Waals surface area contributed by atoms with Crippen LogP contribution in [0.3, 0.4) is 0 Å². The van der Waals surface area contributed by atoms with E-state index in [1.54, 1.807) is 31.3 Å². The topological polar surface area (TPSA) is 73.1 Å². The van der Waals surface area contributed by atoms with E-state index < -0.39 is 0 Å². The van der Waals surface area contributed by atoms with Crippen LogP contribution in [-0.2, 0) is 24.6 Å². The lowest BCUT2D eigenvalue weighted by Gasteiger charge is -2.09. The Hall–Kier alpha value is -1.99. The maximum Gasteiger partial charge on any atom is 0.330 e. The van der Waals surface area contributed by atoms with Gasteiger partial charge < -0.3 is 5.32 Å². The van der Waals surface area contributed by atoms with Crippen molar-refractivity contribution in [1.29, 1.82) is 0 Å². The first-order valence-electron chi connectivity index (χ1n) is 7.28. The monoisotopic (exact) mass is 367 g/mol. The Labute approximate surface area is 148 Å². The predicted octanol–water partition coefficient (Wildman–Crippen LogP) is 2.00. The van der Waals surface area contributed by atoms with E-state index in [0.717, 1.165) is 4.57 Å². The van der Waals surface area contributed by atoms with Crippen LogP contribution in [0.15, 0.2) is 39.9 Å². The number of carbonyl (C=O) groups is 1. The van der Waals surface area contributed by atoms with E-state index in [1.807, 2.05) is 0 Å². The van der Waals surface area contributed by atoms with E-state index in [0.29, 0.717) is 34.3 Å². The minimum absolute atomic E-state index is 0.131. The summed E-state index contributed by atoms with van der Waals surface area (Å²) in [6.45, 7) is 0. The fraction of sp³-hybridized carbons (Fsp3) is 0.312. The summed E-state index contributed by atoms with van der Waals surface area (Å²) in [5.41, 5.74) is 0.544. The Balaban J connectivity index is 1.85. The van der Waals surface area contributed by atoms with Crippen molar-refractivity contribution in [2.24, 2.45) is 14.1 Å². The van der Waals surface area contributed by atoms with Crippen molar-refractivity contribution in [1.82, 2.24) is 9.13 Å². The molecule has 0 saturated heterocycles. The number of anilines is 1. The Morgan fingerprint density at radius 1 is 1.21 bits per heavy atom. The molecule has 1 aromatic heterocycles. The SMILES string of the molecule is Cn1c(CSCCC(=O)Nc2ccccc2Cl)cc(=O)n(C)c1=O. The third-order valence-electron chi connectivity index (χ3n) is 3.50. The number of hydrogen-bond donors (Lipinski definition) is 1. The summed E-state index contributed by atoms with van der Waals surface area (Å²) < 4.78 is 2.50. The molecule has 0 spiro atoms. The highest BCUT2D eigenvalue weighted by atomic mass is 35.5. The molecule has 2 aromatic rings. The number of hydrogen-bond acceptors (Lipinski definition) is 4. The highest BCUT2D eigenvalue weighted by Gasteiger charge is 2.08. The van der Waals surface area contributed by atoms with Gasteiger partial charge in [0.15, 0.2) is 0 Å². The zero-order valence-corrected chi connectivity index (χ0v) is 15.0. The zero-order chi connectivity index (χ0) is 17.7. The molecule has 6 nitrogen and oxygen atoms in total. The van der Waals surface area contributed by atoms with Crippen LogP contribution in [0.5, 0.6) is 0 Å². The molecule has 0 aliphatic heterocycles. The minimum Gasteiger partial charge on any atom is -0.325 e. The summed E-state index contributed by atoms with van der Waals surface area (Å²) in [5, 5.41) is 3.25. The van der Waals surface area contributed by atoms with Crippen LogP contribution >= 0.6 is 23.4 Å². The van der Waals surface area contributed by atoms with Gasteiger partial charge in [-0.2, -0.15) is 11.8 Å². The fourth-order valence-electron chi connectivity index (χ4n) is 2.03. The lowest BCUT2D eigenvalue weighted by molar-refractivity contribution is -0.115. The number of nitrogens with one attached hydrogen (secondary N) is 1. The maximum absolute atomic E-state index is 11.9. The first kappa shape index (κ1) is 18.4. The molecule has 1 N–H and O–H groups in total. The predicted molar refractivity (Wildman–Crippen MR) is 97.8 cm³/mol. The maximum atomic E-state index is 11.9. The Bertz CT molecular complexity index is 860. The standard InChI is InChI=1S/C16H18ClN3O3S/c1-19-11(9-15(22)20(2)16(19)23)10-24-8-7-14(21)18-13-6-4-3-5-12(13)17/h3-6,9H,7-8,10H2,1-2H3,(H,18,21). The van der Waals surface area contributed by atoms with Gasteiger partial charge >= 0.3 is 5.69 Å². The molecule has 128 valence electrons. The number of nitrogens with zero attached hydrogens (tertiary/aromatic N) is 2. The number of benzene rings is 1. The van der Waals surface area contributed by atoms with Crippen LogP contribution in [0.1, 0.15) is 12.1 Å². The summed E-state index contributed by atoms with van der Waals surface area (Å²) >= 11 is 7.47. The molecule has 0 radical (unpaired) electrons. The number of carbonyl (C=O) groups excluding carboxylic acids is 1. The van der Waals surface area contributed by atoms with E-state index in [4.69, 9.17) is 11.6 Å². The van der Waals surface area contributed by atoms with Gasteiger partial charge in [-0.1, -0.05) is 23.7 Å². The van der Waals surface area contributed by atoms with Crippen LogP contribution in [0.25, 0.3) is 0 Å². The molecule has 1 aromatic carbocycles. The van der Waals surface area contributed by atoms with Gasteiger partial charge in [0.2, 0.25) is 5.91 Å². The van der Waals surface area contributed by atoms with E-state index in [9.17, 15) is 14.4 Å². The van der Waals surface area contributed by atoms with Crippen LogP contribution in [0, 0.1) is 0 Å². The van der Waals surface area contributed by atoms with E-state index in [-0.39, 0.29) is 17.2 Å². The highest BCUT2D eigenvalue weighted by molar-refractivity contribution is 7.98. The van der Waals surface area contributed by atoms with Crippen molar-refractivity contribution >= 4 is 35.0 Å². The molecule has 0 atom stereocenters. The first-order chi connectivity index (χ1) is 11.4. The van der Waals surface area contributed by atoms with Crippen molar-refractivity contribution in [3.05, 3.63) is 61.9 Å². The molecule has 0 aliphatic carbocycles. The molecule has 0 fully saturated rings. The third-order valence-corrected chi connectivity index (χ3v) is 4.82. The summed E-state index contributed by atoms with van der Waals surface area (Å²) in [5.74, 6) is 0.925. The van der Waals surface area contributed by atoms with Gasteiger partial charge in [-0.3, -0.25) is 18.7 Å². The van der Waals surface area contributed by atoms with Gasteiger partial charge in [0.1, 0.15) is 0 Å². The third kappa shape index (κ3) is 4.52. The fourth-order valence-corrected chi connectivity index (χ4v) is 3.18. The van der Waals surface area contributed by atoms with Crippen LogP contribution in [0.4, 0.5) is 5.69 Å². The number of amides is 1. The Kier molecular flexibility index (Phi) is 6.28. The molecule has 1 amide bonds. The van der Waals surface area contributed by atoms with Gasteiger partial charge in [0, 0.05) is 43.8 Å². The van der Waals surface area contributed by atoms with Gasteiger partial charge in [-0.25, -0.2) is 4.79 Å². The second kappa shape index (κ2) is 8.21. The van der Waals surface area contributed by atoms with Crippen molar-refractivity contribution < 1.29 is 4.79 Å². The molecule has 0 unspecified atom stereocenters. The lowest BCUT2D eigenvalue weighted by Crippen LogP contribution is -2.37. The van der Waals surface area contributed by atoms with E-state index in [2.05, 4.69) is 5.32 Å². The summed E-state index contributed by atoms with van der Waals surface area (Å²) in [6.07, 6.45) is 0.314. The van der Waals surface area contributed by atoms with Crippen LogP contribution in [0.2, 0.25) is 5.02 Å². The number of rotatable bonds is 6. The number of aromatic nitrogens is 2. The molecular weight excluding hydrogens is 350 g/mol. The highest BCUT2D eigenvalue weighted by Crippen LogP contribution is 2.20. The average molecular weight is 368 g/mol. The van der Waals surface area contributed by atoms with Crippen molar-refractivity contribution in [3.63, 3.8) is 0 Å². The summed E-state index contributed by atoms with van der Waals surface area (Å²) in [4.78, 5) is 35.4. The summed E-state index contributed by atoms with van der Waals surface area (Å²) in [7, 11) is 3.07. The zero-order valence-electron chi connectivity index (χ0n) is 13.4. The second-order valence-corrected chi connectivity index (χ2v) is 6.72. The normalized spacial score (nSPS) is 10.6. The Morgan fingerprint density at radius 2 is 1.92 bits per heavy atom. The van der Waals surface area contributed by atoms with Crippen molar-refractivity contribution in [2.45, 2.75) is 12.2 Å². The van der Waals surface area contributed by atoms with Gasteiger partial charge in [-0.15, -0.1) is 0 Å².